The predicted molar refractivity (Wildman–Crippen MR) is 54.7 cm³/mol. The van der Waals surface area contributed by atoms with Crippen molar-refractivity contribution in [3.8, 4) is 0 Å². The first-order valence-corrected chi connectivity index (χ1v) is 5.29. The lowest BCUT2D eigenvalue weighted by molar-refractivity contribution is 0.201. The SMILES string of the molecule is CC1CCCN(CC=CCCl)C1. The van der Waals surface area contributed by atoms with Crippen LogP contribution in [0.1, 0.15) is 19.8 Å². The van der Waals surface area contributed by atoms with E-state index in [1.807, 2.05) is 6.08 Å². The Morgan fingerprint density at radius 1 is 1.50 bits per heavy atom. The molecule has 1 fully saturated rings. The third kappa shape index (κ3) is 3.59. The van der Waals surface area contributed by atoms with Crippen LogP contribution in [-0.2, 0) is 0 Å². The summed E-state index contributed by atoms with van der Waals surface area (Å²) in [6, 6.07) is 0. The van der Waals surface area contributed by atoms with Gasteiger partial charge in [0.2, 0.25) is 0 Å². The van der Waals surface area contributed by atoms with Crippen molar-refractivity contribution in [2.75, 3.05) is 25.5 Å². The van der Waals surface area contributed by atoms with E-state index < -0.39 is 0 Å². The molecule has 1 aliphatic rings. The van der Waals surface area contributed by atoms with Crippen LogP contribution in [0.3, 0.4) is 0 Å². The van der Waals surface area contributed by atoms with Crippen molar-refractivity contribution in [1.29, 1.82) is 0 Å². The summed E-state index contributed by atoms with van der Waals surface area (Å²) in [5.41, 5.74) is 0. The van der Waals surface area contributed by atoms with Gasteiger partial charge in [0, 0.05) is 19.0 Å². The summed E-state index contributed by atoms with van der Waals surface area (Å²) < 4.78 is 0. The van der Waals surface area contributed by atoms with E-state index in [9.17, 15) is 0 Å². The highest BCUT2D eigenvalue weighted by molar-refractivity contribution is 6.18. The quantitative estimate of drug-likeness (QED) is 0.485. The largest absolute Gasteiger partial charge is 0.299 e. The Morgan fingerprint density at radius 2 is 2.33 bits per heavy atom. The third-order valence-electron chi connectivity index (χ3n) is 2.36. The Balaban J connectivity index is 2.18. The molecule has 0 aliphatic carbocycles. The fraction of sp³-hybridized carbons (Fsp3) is 0.800. The van der Waals surface area contributed by atoms with Gasteiger partial charge in [0.1, 0.15) is 0 Å². The molecule has 2 heteroatoms. The second-order valence-corrected chi connectivity index (χ2v) is 3.94. The summed E-state index contributed by atoms with van der Waals surface area (Å²) in [5.74, 6) is 1.52. The van der Waals surface area contributed by atoms with E-state index in [2.05, 4.69) is 17.9 Å². The fourth-order valence-electron chi connectivity index (χ4n) is 1.74. The van der Waals surface area contributed by atoms with E-state index in [-0.39, 0.29) is 0 Å². The molecule has 0 N–H and O–H groups in total. The summed E-state index contributed by atoms with van der Waals surface area (Å²) in [6.07, 6.45) is 6.96. The molecule has 0 aromatic heterocycles. The highest BCUT2D eigenvalue weighted by atomic mass is 35.5. The number of piperidine rings is 1. The number of hydrogen-bond acceptors (Lipinski definition) is 1. The van der Waals surface area contributed by atoms with Crippen LogP contribution < -0.4 is 0 Å². The van der Waals surface area contributed by atoms with E-state index in [0.29, 0.717) is 5.88 Å². The van der Waals surface area contributed by atoms with Gasteiger partial charge < -0.3 is 0 Å². The number of nitrogens with zero attached hydrogens (tertiary/aromatic N) is 1. The van der Waals surface area contributed by atoms with Gasteiger partial charge in [-0.05, 0) is 25.3 Å². The lowest BCUT2D eigenvalue weighted by Crippen LogP contribution is -2.34. The average molecular weight is 188 g/mol. The Hall–Kier alpha value is -0.0100. The maximum atomic E-state index is 5.54. The third-order valence-corrected chi connectivity index (χ3v) is 2.54. The molecule has 0 saturated carbocycles. The minimum Gasteiger partial charge on any atom is -0.299 e. The normalized spacial score (nSPS) is 26.7. The van der Waals surface area contributed by atoms with Crippen LogP contribution in [0, 0.1) is 5.92 Å². The summed E-state index contributed by atoms with van der Waals surface area (Å²) in [7, 11) is 0. The molecule has 0 bridgehead atoms. The number of rotatable bonds is 3. The molecule has 1 aliphatic heterocycles. The molecule has 0 radical (unpaired) electrons. The molecule has 0 aromatic rings. The molecule has 1 unspecified atom stereocenters. The summed E-state index contributed by atoms with van der Waals surface area (Å²) in [5, 5.41) is 0. The molecule has 1 nitrogen and oxygen atoms in total. The predicted octanol–water partition coefficient (Wildman–Crippen LogP) is 2.51. The van der Waals surface area contributed by atoms with Crippen LogP contribution in [0.5, 0.6) is 0 Å². The van der Waals surface area contributed by atoms with Crippen molar-refractivity contribution in [2.24, 2.45) is 5.92 Å². The maximum Gasteiger partial charge on any atom is 0.0404 e. The Labute approximate surface area is 80.4 Å². The number of allylic oxidation sites excluding steroid dienone is 1. The van der Waals surface area contributed by atoms with Gasteiger partial charge in [-0.25, -0.2) is 0 Å². The number of hydrogen-bond donors (Lipinski definition) is 0. The molecule has 0 aromatic carbocycles. The van der Waals surface area contributed by atoms with Crippen LogP contribution in [-0.4, -0.2) is 30.4 Å². The van der Waals surface area contributed by atoms with Crippen molar-refractivity contribution in [3.05, 3.63) is 12.2 Å². The molecule has 1 atom stereocenters. The van der Waals surface area contributed by atoms with Crippen LogP contribution in [0.4, 0.5) is 0 Å². The topological polar surface area (TPSA) is 3.24 Å². The smallest absolute Gasteiger partial charge is 0.0404 e. The Morgan fingerprint density at radius 3 is 3.00 bits per heavy atom. The van der Waals surface area contributed by atoms with E-state index in [1.54, 1.807) is 0 Å². The van der Waals surface area contributed by atoms with Gasteiger partial charge in [-0.15, -0.1) is 11.6 Å². The molecule has 1 rings (SSSR count). The molecular formula is C10H18ClN. The van der Waals surface area contributed by atoms with E-state index in [1.165, 1.54) is 25.9 Å². The Kier molecular flexibility index (Phi) is 4.70. The fourth-order valence-corrected chi connectivity index (χ4v) is 1.87. The van der Waals surface area contributed by atoms with Crippen molar-refractivity contribution in [3.63, 3.8) is 0 Å². The van der Waals surface area contributed by atoms with Gasteiger partial charge >= 0.3 is 0 Å². The summed E-state index contributed by atoms with van der Waals surface area (Å²) in [6.45, 7) is 5.93. The zero-order valence-corrected chi connectivity index (χ0v) is 8.56. The second-order valence-electron chi connectivity index (χ2n) is 3.63. The number of halogens is 1. The molecule has 0 amide bonds. The minimum absolute atomic E-state index is 0.642. The van der Waals surface area contributed by atoms with Gasteiger partial charge in [0.25, 0.3) is 0 Å². The molecule has 1 saturated heterocycles. The summed E-state index contributed by atoms with van der Waals surface area (Å²) >= 11 is 5.54. The van der Waals surface area contributed by atoms with E-state index >= 15 is 0 Å². The molecule has 0 spiro atoms. The summed E-state index contributed by atoms with van der Waals surface area (Å²) in [4.78, 5) is 2.50. The van der Waals surface area contributed by atoms with Crippen LogP contribution in [0.25, 0.3) is 0 Å². The standard InChI is InChI=1S/C10H18ClN/c1-10-5-4-8-12(9-10)7-3-2-6-11/h2-3,10H,4-9H2,1H3. The molecule has 1 heterocycles. The Bertz CT molecular complexity index is 145. The minimum atomic E-state index is 0.642. The zero-order chi connectivity index (χ0) is 8.81. The van der Waals surface area contributed by atoms with Gasteiger partial charge in [-0.1, -0.05) is 19.1 Å². The van der Waals surface area contributed by atoms with E-state index in [0.717, 1.165) is 12.5 Å². The van der Waals surface area contributed by atoms with Crippen molar-refractivity contribution in [2.45, 2.75) is 19.8 Å². The monoisotopic (exact) mass is 187 g/mol. The average Bonchev–Trinajstić information content (AvgIpc) is 2.05. The highest BCUT2D eigenvalue weighted by Crippen LogP contribution is 2.14. The van der Waals surface area contributed by atoms with Gasteiger partial charge in [-0.3, -0.25) is 4.90 Å². The lowest BCUT2D eigenvalue weighted by atomic mass is 10.0. The van der Waals surface area contributed by atoms with Gasteiger partial charge in [0.05, 0.1) is 0 Å². The molecule has 70 valence electrons. The zero-order valence-electron chi connectivity index (χ0n) is 7.80. The number of likely N-dealkylation sites (tertiary alicyclic amines) is 1. The van der Waals surface area contributed by atoms with Crippen LogP contribution >= 0.6 is 11.6 Å². The first-order valence-electron chi connectivity index (χ1n) is 4.76. The number of alkyl halides is 1. The first-order chi connectivity index (χ1) is 5.83. The first kappa shape index (κ1) is 10.1. The van der Waals surface area contributed by atoms with Gasteiger partial charge in [0.15, 0.2) is 0 Å². The van der Waals surface area contributed by atoms with Crippen LogP contribution in [0.15, 0.2) is 12.2 Å². The maximum absolute atomic E-state index is 5.54. The molecular weight excluding hydrogens is 170 g/mol. The van der Waals surface area contributed by atoms with Gasteiger partial charge in [-0.2, -0.15) is 0 Å². The van der Waals surface area contributed by atoms with Crippen molar-refractivity contribution >= 4 is 11.6 Å². The second kappa shape index (κ2) is 5.60. The van der Waals surface area contributed by atoms with Crippen LogP contribution in [0.2, 0.25) is 0 Å². The van der Waals surface area contributed by atoms with E-state index in [4.69, 9.17) is 11.6 Å². The van der Waals surface area contributed by atoms with Crippen molar-refractivity contribution in [1.82, 2.24) is 4.90 Å². The molecule has 12 heavy (non-hydrogen) atoms. The lowest BCUT2D eigenvalue weighted by Gasteiger charge is -2.29. The van der Waals surface area contributed by atoms with Crippen molar-refractivity contribution < 1.29 is 0 Å². The highest BCUT2D eigenvalue weighted by Gasteiger charge is 2.14.